The monoisotopic (exact) mass is 400 g/mol. The number of hydrogen-bond donors (Lipinski definition) is 2. The molecule has 2 aromatic carbocycles. The highest BCUT2D eigenvalue weighted by Gasteiger charge is 2.22. The van der Waals surface area contributed by atoms with Crippen LogP contribution in [0.4, 0.5) is 0 Å². The lowest BCUT2D eigenvalue weighted by Crippen LogP contribution is -3.15. The van der Waals surface area contributed by atoms with Gasteiger partial charge in [-0.15, -0.1) is 5.75 Å². The molecule has 7 heteroatoms. The second-order valence-electron chi connectivity index (χ2n) is 7.05. The van der Waals surface area contributed by atoms with Crippen LogP contribution in [0.25, 0.3) is 0 Å². The summed E-state index contributed by atoms with van der Waals surface area (Å²) in [4.78, 5) is 15.8. The Morgan fingerprint density at radius 2 is 1.96 bits per heavy atom. The summed E-state index contributed by atoms with van der Waals surface area (Å²) >= 11 is 6.24. The summed E-state index contributed by atoms with van der Waals surface area (Å²) in [5.74, 6) is -0.190. The number of halogens is 1. The lowest BCUT2D eigenvalue weighted by molar-refractivity contribution is -0.896. The standard InChI is InChI=1S/C21H25ClN4O2/c1-16(17-6-4-7-19(27)13-17)23-24-21(28)15-26-11-9-25(10-12-26)14-18-5-2-3-8-20(18)22/h2-8,13,27H,9-12,14-15H2,1H3,(H,24,28)/b23-16+. The van der Waals surface area contributed by atoms with Crippen LogP contribution in [0.3, 0.4) is 0 Å². The fourth-order valence-electron chi connectivity index (χ4n) is 3.27. The molecule has 28 heavy (non-hydrogen) atoms. The van der Waals surface area contributed by atoms with Gasteiger partial charge in [-0.05, 0) is 24.1 Å². The molecular formula is C21H25ClN4O2. The maximum Gasteiger partial charge on any atom is 0.295 e. The number of piperazine rings is 1. The summed E-state index contributed by atoms with van der Waals surface area (Å²) in [5.41, 5.74) is 5.07. The number of hydrogen-bond acceptors (Lipinski definition) is 4. The predicted octanol–water partition coefficient (Wildman–Crippen LogP) is 0.655. The van der Waals surface area contributed by atoms with Gasteiger partial charge in [-0.1, -0.05) is 54.1 Å². The minimum absolute atomic E-state index is 0.0718. The van der Waals surface area contributed by atoms with Crippen LogP contribution >= 0.6 is 11.6 Å². The minimum atomic E-state index is -0.118. The van der Waals surface area contributed by atoms with Crippen LogP contribution in [-0.2, 0) is 11.3 Å². The van der Waals surface area contributed by atoms with E-state index in [4.69, 9.17) is 11.6 Å². The first-order valence-electron chi connectivity index (χ1n) is 9.41. The molecule has 0 aromatic heterocycles. The fraction of sp³-hybridized carbons (Fsp3) is 0.333. The van der Waals surface area contributed by atoms with Gasteiger partial charge in [0.25, 0.3) is 5.91 Å². The maximum absolute atomic E-state index is 12.2. The second kappa shape index (κ2) is 9.68. The molecule has 6 nitrogen and oxygen atoms in total. The van der Waals surface area contributed by atoms with Crippen LogP contribution in [-0.4, -0.2) is 49.2 Å². The van der Waals surface area contributed by atoms with Crippen LogP contribution in [0.2, 0.25) is 5.02 Å². The molecule has 2 N–H and O–H groups in total. The maximum atomic E-state index is 12.2. The Labute approximate surface area is 170 Å². The van der Waals surface area contributed by atoms with E-state index < -0.39 is 0 Å². The molecule has 3 rings (SSSR count). The Balaban J connectivity index is 1.43. The van der Waals surface area contributed by atoms with Gasteiger partial charge >= 0.3 is 0 Å². The van der Waals surface area contributed by atoms with Gasteiger partial charge in [-0.3, -0.25) is 9.69 Å². The normalized spacial score (nSPS) is 16.1. The summed E-state index contributed by atoms with van der Waals surface area (Å²) in [6.45, 7) is 6.64. The van der Waals surface area contributed by atoms with E-state index in [1.54, 1.807) is 19.1 Å². The van der Waals surface area contributed by atoms with E-state index in [0.29, 0.717) is 17.8 Å². The molecule has 1 aliphatic heterocycles. The zero-order valence-electron chi connectivity index (χ0n) is 16.0. The zero-order chi connectivity index (χ0) is 19.9. The SMILES string of the molecule is C/C(=N\NC(=O)C[NH+]1CCN(Cc2ccccc2Cl)CC1)c1cccc([O-])c1. The van der Waals surface area contributed by atoms with E-state index in [2.05, 4.69) is 21.5 Å². The van der Waals surface area contributed by atoms with Crippen LogP contribution in [0, 0.1) is 0 Å². The Morgan fingerprint density at radius 3 is 2.68 bits per heavy atom. The molecular weight excluding hydrogens is 376 g/mol. The van der Waals surface area contributed by atoms with E-state index >= 15 is 0 Å². The molecule has 0 unspecified atom stereocenters. The number of nitrogens with zero attached hydrogens (tertiary/aromatic N) is 2. The van der Waals surface area contributed by atoms with Crippen molar-refractivity contribution in [2.24, 2.45) is 5.10 Å². The lowest BCUT2D eigenvalue weighted by atomic mass is 10.1. The first-order chi connectivity index (χ1) is 13.5. The minimum Gasteiger partial charge on any atom is -0.872 e. The third kappa shape index (κ3) is 5.79. The van der Waals surface area contributed by atoms with Crippen molar-refractivity contribution >= 4 is 23.2 Å². The number of nitrogens with one attached hydrogen (secondary N) is 2. The van der Waals surface area contributed by atoms with Crippen molar-refractivity contribution in [2.75, 3.05) is 32.7 Å². The molecule has 1 aliphatic rings. The quantitative estimate of drug-likeness (QED) is 0.552. The number of carbonyl (C=O) groups is 1. The van der Waals surface area contributed by atoms with Crippen LogP contribution in [0.1, 0.15) is 18.1 Å². The highest BCUT2D eigenvalue weighted by atomic mass is 35.5. The molecule has 0 radical (unpaired) electrons. The number of hydrazone groups is 1. The van der Waals surface area contributed by atoms with Gasteiger partial charge in [0.15, 0.2) is 6.54 Å². The Kier molecular flexibility index (Phi) is 7.03. The molecule has 1 saturated heterocycles. The number of quaternary nitrogens is 1. The van der Waals surface area contributed by atoms with Crippen LogP contribution < -0.4 is 15.4 Å². The van der Waals surface area contributed by atoms with E-state index in [9.17, 15) is 9.90 Å². The number of amides is 1. The largest absolute Gasteiger partial charge is 0.872 e. The summed E-state index contributed by atoms with van der Waals surface area (Å²) in [7, 11) is 0. The summed E-state index contributed by atoms with van der Waals surface area (Å²) in [6.07, 6.45) is 0. The van der Waals surface area contributed by atoms with Crippen LogP contribution in [0.15, 0.2) is 53.6 Å². The van der Waals surface area contributed by atoms with Crippen molar-refractivity contribution in [3.8, 4) is 5.75 Å². The molecule has 1 heterocycles. The molecule has 0 bridgehead atoms. The highest BCUT2D eigenvalue weighted by Crippen LogP contribution is 2.16. The Bertz CT molecular complexity index is 848. The Hall–Kier alpha value is -2.41. The molecule has 148 valence electrons. The van der Waals surface area contributed by atoms with E-state index in [1.165, 1.54) is 17.0 Å². The zero-order valence-corrected chi connectivity index (χ0v) is 16.7. The molecule has 0 saturated carbocycles. The average molecular weight is 401 g/mol. The summed E-state index contributed by atoms with van der Waals surface area (Å²) in [6, 6.07) is 14.4. The van der Waals surface area contributed by atoms with Gasteiger partial charge in [-0.2, -0.15) is 5.10 Å². The van der Waals surface area contributed by atoms with E-state index in [-0.39, 0.29) is 11.7 Å². The summed E-state index contributed by atoms with van der Waals surface area (Å²) < 4.78 is 0. The molecule has 1 fully saturated rings. The van der Waals surface area contributed by atoms with Crippen molar-refractivity contribution in [3.05, 3.63) is 64.7 Å². The molecule has 2 aromatic rings. The van der Waals surface area contributed by atoms with Gasteiger partial charge in [-0.25, -0.2) is 5.43 Å². The number of benzene rings is 2. The van der Waals surface area contributed by atoms with Crippen molar-refractivity contribution < 1.29 is 14.8 Å². The van der Waals surface area contributed by atoms with Gasteiger partial charge in [0.1, 0.15) is 0 Å². The van der Waals surface area contributed by atoms with Gasteiger partial charge in [0.05, 0.1) is 18.8 Å². The van der Waals surface area contributed by atoms with Crippen molar-refractivity contribution in [2.45, 2.75) is 13.5 Å². The van der Waals surface area contributed by atoms with Crippen molar-refractivity contribution in [1.82, 2.24) is 10.3 Å². The van der Waals surface area contributed by atoms with Gasteiger partial charge in [0, 0.05) is 24.7 Å². The molecule has 1 amide bonds. The van der Waals surface area contributed by atoms with Gasteiger partial charge < -0.3 is 10.0 Å². The topological polar surface area (TPSA) is 72.2 Å². The molecule has 0 aliphatic carbocycles. The number of rotatable bonds is 6. The second-order valence-corrected chi connectivity index (χ2v) is 7.46. The third-order valence-corrected chi connectivity index (χ3v) is 5.29. The highest BCUT2D eigenvalue weighted by molar-refractivity contribution is 6.31. The Morgan fingerprint density at radius 1 is 1.21 bits per heavy atom. The van der Waals surface area contributed by atoms with Crippen LogP contribution in [0.5, 0.6) is 5.75 Å². The molecule has 0 atom stereocenters. The van der Waals surface area contributed by atoms with Crippen molar-refractivity contribution in [3.63, 3.8) is 0 Å². The first kappa shape index (κ1) is 20.3. The average Bonchev–Trinajstić information content (AvgIpc) is 2.69. The summed E-state index contributed by atoms with van der Waals surface area (Å²) in [5, 5.41) is 16.3. The smallest absolute Gasteiger partial charge is 0.295 e. The van der Waals surface area contributed by atoms with E-state index in [0.717, 1.165) is 43.3 Å². The lowest BCUT2D eigenvalue weighted by Gasteiger charge is -2.31. The van der Waals surface area contributed by atoms with Gasteiger partial charge in [0.2, 0.25) is 0 Å². The van der Waals surface area contributed by atoms with Crippen molar-refractivity contribution in [1.29, 1.82) is 0 Å². The predicted molar refractivity (Wildman–Crippen MR) is 109 cm³/mol. The molecule has 0 spiro atoms. The first-order valence-corrected chi connectivity index (χ1v) is 9.79. The van der Waals surface area contributed by atoms with E-state index in [1.807, 2.05) is 18.2 Å². The fourth-order valence-corrected chi connectivity index (χ4v) is 3.47. The third-order valence-electron chi connectivity index (χ3n) is 4.93. The number of carbonyl (C=O) groups excluding carboxylic acids is 1.